The number of rotatable bonds is 7. The van der Waals surface area contributed by atoms with Crippen molar-refractivity contribution in [3.8, 4) is 11.3 Å². The highest BCUT2D eigenvalue weighted by molar-refractivity contribution is 5.88. The van der Waals surface area contributed by atoms with Gasteiger partial charge in [0.2, 0.25) is 5.95 Å². The third kappa shape index (κ3) is 5.27. The molecule has 4 rings (SSSR count). The fourth-order valence-electron chi connectivity index (χ4n) is 4.17. The van der Waals surface area contributed by atoms with E-state index in [0.29, 0.717) is 24.9 Å². The number of pyridine rings is 1. The molecule has 4 heterocycles. The van der Waals surface area contributed by atoms with Crippen LogP contribution in [0.3, 0.4) is 0 Å². The second-order valence-corrected chi connectivity index (χ2v) is 8.53. The zero-order valence-electron chi connectivity index (χ0n) is 19.4. The predicted molar refractivity (Wildman–Crippen MR) is 128 cm³/mol. The fraction of sp³-hybridized carbons (Fsp3) is 0.478. The van der Waals surface area contributed by atoms with Crippen LogP contribution in [-0.4, -0.2) is 69.3 Å². The van der Waals surface area contributed by atoms with Gasteiger partial charge in [-0.1, -0.05) is 0 Å². The number of hydrogen-bond donors (Lipinski definition) is 2. The number of fused-ring (bicyclic) bond motifs is 1. The summed E-state index contributed by atoms with van der Waals surface area (Å²) >= 11 is 0. The number of piperidine rings is 1. The van der Waals surface area contributed by atoms with Gasteiger partial charge in [0, 0.05) is 43.7 Å². The maximum absolute atomic E-state index is 12.6. The number of anilines is 2. The molecular formula is C23H30F2N8. The molecule has 0 unspecified atom stereocenters. The van der Waals surface area contributed by atoms with E-state index in [0.717, 1.165) is 46.7 Å². The smallest absolute Gasteiger partial charge is 0.251 e. The molecule has 3 aromatic rings. The molecule has 1 fully saturated rings. The topological polar surface area (TPSA) is 82.7 Å². The van der Waals surface area contributed by atoms with Crippen LogP contribution in [0, 0.1) is 6.92 Å². The average molecular weight is 457 g/mol. The number of aliphatic imine (C=N–C) groups is 1. The fourth-order valence-corrected chi connectivity index (χ4v) is 4.17. The Morgan fingerprint density at radius 1 is 1.18 bits per heavy atom. The van der Waals surface area contributed by atoms with Crippen LogP contribution in [0.1, 0.15) is 32.4 Å². The minimum atomic E-state index is -2.29. The van der Waals surface area contributed by atoms with Crippen LogP contribution < -0.4 is 10.6 Å². The molecule has 0 saturated carbocycles. The summed E-state index contributed by atoms with van der Waals surface area (Å²) < 4.78 is 27.0. The lowest BCUT2D eigenvalue weighted by Gasteiger charge is -2.32. The minimum absolute atomic E-state index is 0.149. The van der Waals surface area contributed by atoms with Gasteiger partial charge in [0.1, 0.15) is 5.52 Å². The summed E-state index contributed by atoms with van der Waals surface area (Å²) in [5.74, 6) is 1.20. The van der Waals surface area contributed by atoms with Crippen molar-refractivity contribution in [3.63, 3.8) is 0 Å². The molecule has 0 spiro atoms. The summed E-state index contributed by atoms with van der Waals surface area (Å²) in [6.07, 6.45) is 1.15. The first-order chi connectivity index (χ1) is 15.8. The first kappa shape index (κ1) is 23.0. The molecule has 3 aromatic heterocycles. The molecule has 8 nitrogen and oxygen atoms in total. The summed E-state index contributed by atoms with van der Waals surface area (Å²) in [6.45, 7) is 6.99. The highest BCUT2D eigenvalue weighted by atomic mass is 19.3. The molecule has 0 aromatic carbocycles. The van der Waals surface area contributed by atoms with Crippen molar-refractivity contribution in [2.45, 2.75) is 46.1 Å². The van der Waals surface area contributed by atoms with Crippen molar-refractivity contribution < 1.29 is 8.78 Å². The Labute approximate surface area is 192 Å². The van der Waals surface area contributed by atoms with Crippen LogP contribution in [0.2, 0.25) is 0 Å². The number of hydrogen-bond acceptors (Lipinski definition) is 7. The summed E-state index contributed by atoms with van der Waals surface area (Å²) in [4.78, 5) is 15.8. The molecule has 0 radical (unpaired) electrons. The Balaban J connectivity index is 1.57. The SMILES string of the molecule is CNc1nc(NC2CCN(CC(F)F)CC2)nn2ccc(-c3ccc(N=C(C)C)c(C)n3)c12. The number of aryl methyl sites for hydroxylation is 1. The van der Waals surface area contributed by atoms with E-state index in [1.165, 1.54) is 0 Å². The molecule has 1 aliphatic heterocycles. The zero-order valence-corrected chi connectivity index (χ0v) is 19.4. The Bertz CT molecular complexity index is 1140. The summed E-state index contributed by atoms with van der Waals surface area (Å²) in [5.41, 5.74) is 5.29. The van der Waals surface area contributed by atoms with Gasteiger partial charge in [0.25, 0.3) is 6.43 Å². The number of alkyl halides is 2. The van der Waals surface area contributed by atoms with E-state index in [4.69, 9.17) is 4.98 Å². The maximum Gasteiger partial charge on any atom is 0.251 e. The molecule has 1 saturated heterocycles. The van der Waals surface area contributed by atoms with Crippen molar-refractivity contribution in [1.29, 1.82) is 0 Å². The van der Waals surface area contributed by atoms with E-state index in [2.05, 4.69) is 25.7 Å². The highest BCUT2D eigenvalue weighted by Gasteiger charge is 2.23. The van der Waals surface area contributed by atoms with Gasteiger partial charge in [-0.3, -0.25) is 14.9 Å². The van der Waals surface area contributed by atoms with Gasteiger partial charge in [-0.15, -0.1) is 5.10 Å². The van der Waals surface area contributed by atoms with E-state index in [1.54, 1.807) is 9.42 Å². The lowest BCUT2D eigenvalue weighted by atomic mass is 10.1. The largest absolute Gasteiger partial charge is 0.371 e. The summed E-state index contributed by atoms with van der Waals surface area (Å²) in [5, 5.41) is 11.2. The van der Waals surface area contributed by atoms with Crippen LogP contribution in [-0.2, 0) is 0 Å². The average Bonchev–Trinajstić information content (AvgIpc) is 3.19. The number of likely N-dealkylation sites (tertiary alicyclic amines) is 1. The molecule has 0 amide bonds. The first-order valence-corrected chi connectivity index (χ1v) is 11.2. The molecule has 10 heteroatoms. The lowest BCUT2D eigenvalue weighted by Crippen LogP contribution is -2.41. The lowest BCUT2D eigenvalue weighted by molar-refractivity contribution is 0.0769. The molecular weight excluding hydrogens is 426 g/mol. The number of nitrogens with one attached hydrogen (secondary N) is 2. The van der Waals surface area contributed by atoms with Crippen molar-refractivity contribution in [2.75, 3.05) is 37.3 Å². The van der Waals surface area contributed by atoms with Crippen LogP contribution in [0.15, 0.2) is 29.4 Å². The second-order valence-electron chi connectivity index (χ2n) is 8.53. The number of nitrogens with zero attached hydrogens (tertiary/aromatic N) is 6. The first-order valence-electron chi connectivity index (χ1n) is 11.2. The molecule has 33 heavy (non-hydrogen) atoms. The monoisotopic (exact) mass is 456 g/mol. The second kappa shape index (κ2) is 9.78. The number of halogens is 2. The van der Waals surface area contributed by atoms with E-state index in [-0.39, 0.29) is 12.6 Å². The quantitative estimate of drug-likeness (QED) is 0.513. The Kier molecular flexibility index (Phi) is 6.83. The van der Waals surface area contributed by atoms with Crippen molar-refractivity contribution in [3.05, 3.63) is 30.1 Å². The minimum Gasteiger partial charge on any atom is -0.371 e. The molecule has 2 N–H and O–H groups in total. The zero-order chi connectivity index (χ0) is 23.5. The summed E-state index contributed by atoms with van der Waals surface area (Å²) in [7, 11) is 1.83. The predicted octanol–water partition coefficient (Wildman–Crippen LogP) is 4.40. The summed E-state index contributed by atoms with van der Waals surface area (Å²) in [6, 6.07) is 6.07. The van der Waals surface area contributed by atoms with E-state index >= 15 is 0 Å². The van der Waals surface area contributed by atoms with E-state index < -0.39 is 6.43 Å². The van der Waals surface area contributed by atoms with Crippen LogP contribution in [0.25, 0.3) is 16.8 Å². The third-order valence-electron chi connectivity index (χ3n) is 5.74. The molecule has 0 atom stereocenters. The van der Waals surface area contributed by atoms with Crippen molar-refractivity contribution in [2.24, 2.45) is 4.99 Å². The van der Waals surface area contributed by atoms with Gasteiger partial charge in [-0.2, -0.15) is 4.98 Å². The van der Waals surface area contributed by atoms with E-state index in [1.807, 2.05) is 52.2 Å². The van der Waals surface area contributed by atoms with Crippen LogP contribution in [0.4, 0.5) is 26.2 Å². The van der Waals surface area contributed by atoms with E-state index in [9.17, 15) is 8.78 Å². The maximum atomic E-state index is 12.6. The normalized spacial score (nSPS) is 15.2. The standard InChI is InChI=1S/C23H30F2N8/c1-14(2)27-18-5-6-19(28-15(18)3)17-9-12-33-21(17)22(26-4)30-23(31-33)29-16-7-10-32(11-8-16)13-20(24)25/h5-6,9,12,16,20H,7-8,10-11,13H2,1-4H3,(H2,26,29,30,31). The Hall–Kier alpha value is -3.14. The molecule has 1 aliphatic rings. The van der Waals surface area contributed by atoms with Gasteiger partial charge in [0.15, 0.2) is 5.82 Å². The molecule has 0 aliphatic carbocycles. The molecule has 0 bridgehead atoms. The van der Waals surface area contributed by atoms with Crippen LogP contribution >= 0.6 is 0 Å². The van der Waals surface area contributed by atoms with Crippen molar-refractivity contribution in [1.82, 2.24) is 24.5 Å². The third-order valence-corrected chi connectivity index (χ3v) is 5.74. The molecule has 176 valence electrons. The van der Waals surface area contributed by atoms with Crippen molar-refractivity contribution >= 4 is 28.7 Å². The number of aromatic nitrogens is 4. The van der Waals surface area contributed by atoms with Gasteiger partial charge in [-0.05, 0) is 51.8 Å². The highest BCUT2D eigenvalue weighted by Crippen LogP contribution is 2.31. The Morgan fingerprint density at radius 2 is 1.94 bits per heavy atom. The van der Waals surface area contributed by atoms with Gasteiger partial charge >= 0.3 is 0 Å². The van der Waals surface area contributed by atoms with Gasteiger partial charge < -0.3 is 10.6 Å². The van der Waals surface area contributed by atoms with Gasteiger partial charge in [-0.25, -0.2) is 13.3 Å². The Morgan fingerprint density at radius 3 is 2.58 bits per heavy atom. The van der Waals surface area contributed by atoms with Crippen LogP contribution in [0.5, 0.6) is 0 Å². The van der Waals surface area contributed by atoms with Gasteiger partial charge in [0.05, 0.1) is 23.6 Å².